The molecule has 1 aromatic rings. The number of nitrogens with one attached hydrogen (secondary N) is 2. The fourth-order valence-corrected chi connectivity index (χ4v) is 3.21. The number of amides is 2. The molecule has 0 heterocycles. The number of benzene rings is 1. The maximum atomic E-state index is 14.2. The molecule has 220 valence electrons. The molecule has 0 bridgehead atoms. The molecular formula is C27H42N2O10. The molecule has 12 nitrogen and oxygen atoms in total. The predicted octanol–water partition coefficient (Wildman–Crippen LogP) is 4.37. The Balaban J connectivity index is 3.90. The second kappa shape index (κ2) is 12.9. The van der Waals surface area contributed by atoms with E-state index in [1.54, 1.807) is 69.2 Å². The van der Waals surface area contributed by atoms with Crippen LogP contribution in [0.4, 0.5) is 9.59 Å². The van der Waals surface area contributed by atoms with Gasteiger partial charge in [-0.15, -0.1) is 0 Å². The Labute approximate surface area is 230 Å². The third-order valence-electron chi connectivity index (χ3n) is 4.42. The van der Waals surface area contributed by atoms with Crippen LogP contribution in [0.25, 0.3) is 0 Å². The van der Waals surface area contributed by atoms with Crippen molar-refractivity contribution in [3.63, 3.8) is 0 Å². The van der Waals surface area contributed by atoms with Crippen molar-refractivity contribution in [1.29, 1.82) is 0 Å². The van der Waals surface area contributed by atoms with E-state index in [2.05, 4.69) is 10.6 Å². The van der Waals surface area contributed by atoms with Crippen LogP contribution in [0.15, 0.2) is 12.1 Å². The van der Waals surface area contributed by atoms with E-state index in [0.29, 0.717) is 0 Å². The highest BCUT2D eigenvalue weighted by Crippen LogP contribution is 2.40. The van der Waals surface area contributed by atoms with Crippen LogP contribution < -0.4 is 24.8 Å². The SMILES string of the molecule is COC(=O)C(NC(=O)OC(C)(C)C)(NC(=O)OC(C)(C)C)C(=O)c1cc(OC(C)C)c(OC)c(OC(C)C)c1. The third kappa shape index (κ3) is 9.84. The first-order valence-corrected chi connectivity index (χ1v) is 12.5. The van der Waals surface area contributed by atoms with E-state index in [1.807, 2.05) is 0 Å². The maximum absolute atomic E-state index is 14.2. The van der Waals surface area contributed by atoms with Gasteiger partial charge in [0.25, 0.3) is 5.66 Å². The molecule has 2 amide bonds. The number of rotatable bonds is 10. The second-order valence-corrected chi connectivity index (χ2v) is 11.2. The summed E-state index contributed by atoms with van der Waals surface area (Å²) in [5.74, 6) is -1.93. The first-order valence-electron chi connectivity index (χ1n) is 12.5. The molecule has 0 aromatic heterocycles. The molecule has 0 saturated heterocycles. The molecule has 0 aliphatic heterocycles. The number of Topliss-reactive ketones (excluding diaryl/α,β-unsaturated/α-hetero) is 1. The Hall–Kier alpha value is -3.70. The fraction of sp³-hybridized carbons (Fsp3) is 0.630. The Morgan fingerprint density at radius 1 is 0.718 bits per heavy atom. The van der Waals surface area contributed by atoms with Gasteiger partial charge in [-0.1, -0.05) is 0 Å². The number of hydrogen-bond acceptors (Lipinski definition) is 10. The number of ketones is 1. The van der Waals surface area contributed by atoms with Crippen LogP contribution in [-0.2, 0) is 19.0 Å². The summed E-state index contributed by atoms with van der Waals surface area (Å²) < 4.78 is 32.6. The first kappa shape index (κ1) is 33.3. The monoisotopic (exact) mass is 554 g/mol. The van der Waals surface area contributed by atoms with Crippen LogP contribution >= 0.6 is 0 Å². The molecule has 0 aliphatic carbocycles. The van der Waals surface area contributed by atoms with Gasteiger partial charge in [0.15, 0.2) is 11.5 Å². The van der Waals surface area contributed by atoms with E-state index < -0.39 is 40.8 Å². The molecule has 0 saturated carbocycles. The van der Waals surface area contributed by atoms with Crippen LogP contribution in [-0.4, -0.2) is 67.2 Å². The van der Waals surface area contributed by atoms with Crippen molar-refractivity contribution in [1.82, 2.24) is 10.6 Å². The average molecular weight is 555 g/mol. The standard InChI is InChI=1S/C27H42N2O10/c1-15(2)36-18-13-17(14-19(20(18)34-11)37-16(3)4)21(30)27(22(31)35-12,28-23(32)38-25(5,6)7)29-24(33)39-26(8,9)10/h13-16H,1-12H3,(H,28,32)(H,29,33). The van der Waals surface area contributed by atoms with Gasteiger partial charge in [0.1, 0.15) is 11.2 Å². The third-order valence-corrected chi connectivity index (χ3v) is 4.42. The number of esters is 1. The number of hydrogen-bond donors (Lipinski definition) is 2. The molecule has 0 atom stereocenters. The van der Waals surface area contributed by atoms with Crippen molar-refractivity contribution < 1.29 is 47.6 Å². The summed E-state index contributed by atoms with van der Waals surface area (Å²) in [5, 5.41) is 4.38. The highest BCUT2D eigenvalue weighted by molar-refractivity contribution is 6.19. The number of alkyl carbamates (subject to hydrolysis) is 2. The molecule has 0 aliphatic rings. The maximum Gasteiger partial charge on any atom is 0.410 e. The van der Waals surface area contributed by atoms with Crippen LogP contribution in [0, 0.1) is 0 Å². The predicted molar refractivity (Wildman–Crippen MR) is 142 cm³/mol. The van der Waals surface area contributed by atoms with Crippen molar-refractivity contribution in [3.8, 4) is 17.2 Å². The molecule has 0 radical (unpaired) electrons. The highest BCUT2D eigenvalue weighted by Gasteiger charge is 2.52. The van der Waals surface area contributed by atoms with Gasteiger partial charge in [-0.3, -0.25) is 15.4 Å². The lowest BCUT2D eigenvalue weighted by Gasteiger charge is -2.33. The molecule has 0 spiro atoms. The minimum absolute atomic E-state index is 0.127. The lowest BCUT2D eigenvalue weighted by Crippen LogP contribution is -2.71. The van der Waals surface area contributed by atoms with Gasteiger partial charge in [0, 0.05) is 5.56 Å². The fourth-order valence-electron chi connectivity index (χ4n) is 3.21. The van der Waals surface area contributed by atoms with Gasteiger partial charge in [-0.2, -0.15) is 0 Å². The minimum Gasteiger partial charge on any atom is -0.490 e. The van der Waals surface area contributed by atoms with Crippen LogP contribution in [0.2, 0.25) is 0 Å². The molecule has 1 aromatic carbocycles. The van der Waals surface area contributed by atoms with Crippen LogP contribution in [0.3, 0.4) is 0 Å². The summed E-state index contributed by atoms with van der Waals surface area (Å²) in [6, 6.07) is 2.61. The molecule has 39 heavy (non-hydrogen) atoms. The Morgan fingerprint density at radius 3 is 1.38 bits per heavy atom. The molecular weight excluding hydrogens is 512 g/mol. The minimum atomic E-state index is -2.79. The van der Waals surface area contributed by atoms with E-state index in [1.165, 1.54) is 19.2 Å². The lowest BCUT2D eigenvalue weighted by atomic mass is 9.96. The summed E-state index contributed by atoms with van der Waals surface area (Å²) in [5.41, 5.74) is -4.98. The highest BCUT2D eigenvalue weighted by atomic mass is 16.6. The van der Waals surface area contributed by atoms with E-state index in [9.17, 15) is 19.2 Å². The van der Waals surface area contributed by atoms with Gasteiger partial charge in [-0.25, -0.2) is 14.4 Å². The van der Waals surface area contributed by atoms with Crippen molar-refractivity contribution in [2.75, 3.05) is 14.2 Å². The number of ether oxygens (including phenoxy) is 6. The van der Waals surface area contributed by atoms with Gasteiger partial charge < -0.3 is 28.4 Å². The first-order chi connectivity index (χ1) is 17.7. The largest absolute Gasteiger partial charge is 0.490 e. The van der Waals surface area contributed by atoms with Crippen molar-refractivity contribution in [2.45, 2.75) is 98.3 Å². The van der Waals surface area contributed by atoms with Gasteiger partial charge in [0.05, 0.1) is 26.4 Å². The normalized spacial score (nSPS) is 11.9. The zero-order chi connectivity index (χ0) is 30.3. The smallest absolute Gasteiger partial charge is 0.410 e. The quantitative estimate of drug-likeness (QED) is 0.140. The molecule has 0 fully saturated rings. The summed E-state index contributed by atoms with van der Waals surface area (Å²) in [4.78, 5) is 53.1. The second-order valence-electron chi connectivity index (χ2n) is 11.2. The Bertz CT molecular complexity index is 991. The number of carbonyl (C=O) groups excluding carboxylic acids is 4. The number of carbonyl (C=O) groups is 4. The number of methoxy groups -OCH3 is 2. The van der Waals surface area contributed by atoms with E-state index in [0.717, 1.165) is 7.11 Å². The van der Waals surface area contributed by atoms with Crippen LogP contribution in [0.1, 0.15) is 79.6 Å². The van der Waals surface area contributed by atoms with E-state index >= 15 is 0 Å². The van der Waals surface area contributed by atoms with Gasteiger partial charge >= 0.3 is 18.2 Å². The molecule has 1 rings (SSSR count). The summed E-state index contributed by atoms with van der Waals surface area (Å²) in [6.45, 7) is 16.6. The summed E-state index contributed by atoms with van der Waals surface area (Å²) >= 11 is 0. The summed E-state index contributed by atoms with van der Waals surface area (Å²) in [7, 11) is 2.40. The Kier molecular flexibility index (Phi) is 11.0. The summed E-state index contributed by atoms with van der Waals surface area (Å²) in [6.07, 6.45) is -3.02. The lowest BCUT2D eigenvalue weighted by molar-refractivity contribution is -0.147. The molecule has 0 unspecified atom stereocenters. The van der Waals surface area contributed by atoms with E-state index in [-0.39, 0.29) is 35.0 Å². The van der Waals surface area contributed by atoms with Crippen molar-refractivity contribution in [3.05, 3.63) is 17.7 Å². The molecule has 2 N–H and O–H groups in total. The van der Waals surface area contributed by atoms with Crippen molar-refractivity contribution >= 4 is 23.9 Å². The van der Waals surface area contributed by atoms with E-state index in [4.69, 9.17) is 28.4 Å². The zero-order valence-electron chi connectivity index (χ0n) is 24.9. The van der Waals surface area contributed by atoms with Crippen LogP contribution in [0.5, 0.6) is 17.2 Å². The zero-order valence-corrected chi connectivity index (χ0v) is 24.9. The Morgan fingerprint density at radius 2 is 1.10 bits per heavy atom. The topological polar surface area (TPSA) is 148 Å². The van der Waals surface area contributed by atoms with Crippen molar-refractivity contribution in [2.24, 2.45) is 0 Å². The molecule has 12 heteroatoms. The van der Waals surface area contributed by atoms with Gasteiger partial charge in [-0.05, 0) is 81.4 Å². The van der Waals surface area contributed by atoms with Gasteiger partial charge in [0.2, 0.25) is 11.5 Å². The average Bonchev–Trinajstić information content (AvgIpc) is 2.73.